The fourth-order valence-corrected chi connectivity index (χ4v) is 8.54. The van der Waals surface area contributed by atoms with Crippen molar-refractivity contribution in [1.82, 2.24) is 30.5 Å². The minimum absolute atomic E-state index is 0.00998. The number of carbonyl (C=O) groups excluding carboxylic acids is 3. The summed E-state index contributed by atoms with van der Waals surface area (Å²) in [6.07, 6.45) is 4.65. The molecule has 3 fully saturated rings. The van der Waals surface area contributed by atoms with Gasteiger partial charge in [0.1, 0.15) is 23.7 Å². The molecule has 2 aromatic rings. The molecular formula is C34H44N6O9S. The maximum Gasteiger partial charge on any atom is 0.405 e. The molecule has 16 heteroatoms. The van der Waals surface area contributed by atoms with E-state index in [1.165, 1.54) is 4.90 Å². The van der Waals surface area contributed by atoms with Gasteiger partial charge in [0.2, 0.25) is 33.6 Å². The van der Waals surface area contributed by atoms with Crippen LogP contribution in [-0.4, -0.2) is 94.6 Å². The molecule has 0 spiro atoms. The molecule has 1 aromatic carbocycles. The second kappa shape index (κ2) is 14.0. The van der Waals surface area contributed by atoms with Gasteiger partial charge in [-0.15, -0.1) is 10.2 Å². The summed E-state index contributed by atoms with van der Waals surface area (Å²) in [7, 11) is -3.90. The Bertz CT molecular complexity index is 1800. The van der Waals surface area contributed by atoms with Crippen LogP contribution in [0.4, 0.5) is 4.79 Å². The summed E-state index contributed by atoms with van der Waals surface area (Å²) in [6, 6.07) is 4.91. The standard InChI is InChI=1S/C34H44N6O9S/c1-4-48-29-24-11-7-8-12-25(24)30(38-37-29)49-22-16-26-28(41)36-34(32(43)39-50(46,47)23-13-14-23)17-21(34)10-6-5-9-19(2)15-20(3)27(35-33(44)45)31(42)40(26)18-22/h6-8,10-12,19-23,26-27,35H,4-5,9,13-18H2,1-3H3,(H,36,41)(H,39,43)(H,44,45)/b10-6-/t19-,20+,21+,22+,26-,27-,34+/m0/s1. The molecular weight excluding hydrogens is 668 g/mol. The Balaban J connectivity index is 1.33. The van der Waals surface area contributed by atoms with E-state index < -0.39 is 74.7 Å². The van der Waals surface area contributed by atoms with E-state index in [-0.39, 0.29) is 31.2 Å². The summed E-state index contributed by atoms with van der Waals surface area (Å²) in [6.45, 7) is 5.95. The minimum Gasteiger partial charge on any atom is -0.476 e. The van der Waals surface area contributed by atoms with Crippen LogP contribution in [0, 0.1) is 17.8 Å². The van der Waals surface area contributed by atoms with E-state index in [0.29, 0.717) is 48.9 Å². The van der Waals surface area contributed by atoms with Crippen molar-refractivity contribution in [2.75, 3.05) is 13.2 Å². The van der Waals surface area contributed by atoms with Gasteiger partial charge in [-0.05, 0) is 69.4 Å². The van der Waals surface area contributed by atoms with Gasteiger partial charge in [0, 0.05) is 12.3 Å². The second-order valence-electron chi connectivity index (χ2n) is 14.0. The highest BCUT2D eigenvalue weighted by Gasteiger charge is 2.62. The molecule has 50 heavy (non-hydrogen) atoms. The number of carbonyl (C=O) groups is 4. The summed E-state index contributed by atoms with van der Waals surface area (Å²) in [5.74, 6) is -2.34. The van der Waals surface area contributed by atoms with E-state index in [9.17, 15) is 32.7 Å². The van der Waals surface area contributed by atoms with Gasteiger partial charge in [0.25, 0.3) is 5.91 Å². The van der Waals surface area contributed by atoms with Crippen molar-refractivity contribution in [3.63, 3.8) is 0 Å². The van der Waals surface area contributed by atoms with Crippen molar-refractivity contribution in [3.05, 3.63) is 36.4 Å². The van der Waals surface area contributed by atoms with Crippen LogP contribution in [0.15, 0.2) is 36.4 Å². The zero-order chi connectivity index (χ0) is 35.8. The van der Waals surface area contributed by atoms with Crippen molar-refractivity contribution < 1.29 is 42.2 Å². The number of fused-ring (bicyclic) bond motifs is 3. The molecule has 0 radical (unpaired) electrons. The van der Waals surface area contributed by atoms with Gasteiger partial charge >= 0.3 is 6.09 Å². The Morgan fingerprint density at radius 3 is 2.46 bits per heavy atom. The highest BCUT2D eigenvalue weighted by atomic mass is 32.2. The van der Waals surface area contributed by atoms with Crippen LogP contribution >= 0.6 is 0 Å². The van der Waals surface area contributed by atoms with Crippen LogP contribution in [-0.2, 0) is 24.4 Å². The molecule has 1 saturated heterocycles. The van der Waals surface area contributed by atoms with E-state index in [1.54, 1.807) is 19.1 Å². The van der Waals surface area contributed by atoms with Gasteiger partial charge < -0.3 is 30.1 Å². The number of sulfonamides is 1. The first-order valence-electron chi connectivity index (χ1n) is 17.2. The molecule has 1 aromatic heterocycles. The van der Waals surface area contributed by atoms with Crippen molar-refractivity contribution >= 4 is 44.6 Å². The average molecular weight is 713 g/mol. The Kier molecular flexibility index (Phi) is 9.93. The zero-order valence-electron chi connectivity index (χ0n) is 28.3. The fourth-order valence-electron chi connectivity index (χ4n) is 7.17. The van der Waals surface area contributed by atoms with Crippen LogP contribution in [0.25, 0.3) is 10.8 Å². The van der Waals surface area contributed by atoms with E-state index in [4.69, 9.17) is 9.47 Å². The summed E-state index contributed by atoms with van der Waals surface area (Å²) in [4.78, 5) is 55.4. The van der Waals surface area contributed by atoms with Crippen LogP contribution < -0.4 is 24.8 Å². The molecule has 270 valence electrons. The zero-order valence-corrected chi connectivity index (χ0v) is 29.1. The van der Waals surface area contributed by atoms with Crippen LogP contribution in [0.5, 0.6) is 11.8 Å². The number of benzene rings is 1. The van der Waals surface area contributed by atoms with Gasteiger partial charge in [0.15, 0.2) is 0 Å². The van der Waals surface area contributed by atoms with Gasteiger partial charge in [-0.25, -0.2) is 13.2 Å². The second-order valence-corrected chi connectivity index (χ2v) is 15.9. The smallest absolute Gasteiger partial charge is 0.405 e. The number of hydrogen-bond acceptors (Lipinski definition) is 10. The van der Waals surface area contributed by atoms with Gasteiger partial charge in [-0.1, -0.05) is 38.1 Å². The molecule has 6 rings (SSSR count). The molecule has 2 saturated carbocycles. The van der Waals surface area contributed by atoms with E-state index >= 15 is 0 Å². The van der Waals surface area contributed by atoms with E-state index in [2.05, 4.69) is 25.6 Å². The largest absolute Gasteiger partial charge is 0.476 e. The highest BCUT2D eigenvalue weighted by molar-refractivity contribution is 7.91. The third-order valence-electron chi connectivity index (χ3n) is 10.1. The average Bonchev–Trinajstić information content (AvgIpc) is 3.99. The van der Waals surface area contributed by atoms with Gasteiger partial charge in [-0.3, -0.25) is 19.1 Å². The number of nitrogens with one attached hydrogen (secondary N) is 3. The number of amides is 4. The molecule has 4 amide bonds. The SMILES string of the molecule is CCOc1nnc(O[C@@H]2C[C@H]3C(=O)N[C@]4(C(=O)NS(=O)(=O)C5CC5)C[C@H]4/C=C\CC[C@H](C)C[C@@H](C)[C@H](NC(=O)O)C(=O)N3C2)c2ccccc12. The number of hydrogen-bond donors (Lipinski definition) is 4. The summed E-state index contributed by atoms with van der Waals surface area (Å²) >= 11 is 0. The lowest BCUT2D eigenvalue weighted by molar-refractivity contribution is -0.142. The maximum atomic E-state index is 14.3. The van der Waals surface area contributed by atoms with E-state index in [1.807, 2.05) is 38.1 Å². The first-order valence-corrected chi connectivity index (χ1v) is 18.8. The molecule has 4 aliphatic rings. The van der Waals surface area contributed by atoms with Gasteiger partial charge in [0.05, 0.1) is 29.2 Å². The molecule has 0 bridgehead atoms. The number of allylic oxidation sites excluding steroid dienone is 1. The van der Waals surface area contributed by atoms with Crippen LogP contribution in [0.2, 0.25) is 0 Å². The number of aromatic nitrogens is 2. The van der Waals surface area contributed by atoms with Gasteiger partial charge in [-0.2, -0.15) is 0 Å². The Labute approximate surface area is 290 Å². The van der Waals surface area contributed by atoms with E-state index in [0.717, 1.165) is 6.42 Å². The third-order valence-corrected chi connectivity index (χ3v) is 11.9. The molecule has 0 unspecified atom stereocenters. The first-order chi connectivity index (χ1) is 23.8. The van der Waals surface area contributed by atoms with Crippen molar-refractivity contribution in [3.8, 4) is 11.8 Å². The normalized spacial score (nSPS) is 30.9. The molecule has 2 aliphatic carbocycles. The predicted molar refractivity (Wildman–Crippen MR) is 181 cm³/mol. The molecule has 7 atom stereocenters. The predicted octanol–water partition coefficient (Wildman–Crippen LogP) is 2.51. The maximum absolute atomic E-state index is 14.3. The number of ether oxygens (including phenoxy) is 2. The first kappa shape index (κ1) is 35.4. The summed E-state index contributed by atoms with van der Waals surface area (Å²) < 4.78 is 39.7. The number of carboxylic acid groups (broad SMARTS) is 1. The Morgan fingerprint density at radius 2 is 1.78 bits per heavy atom. The highest BCUT2D eigenvalue weighted by Crippen LogP contribution is 2.46. The minimum atomic E-state index is -3.90. The summed E-state index contributed by atoms with van der Waals surface area (Å²) in [5.41, 5.74) is -1.53. The third kappa shape index (κ3) is 7.35. The van der Waals surface area contributed by atoms with Crippen molar-refractivity contribution in [1.29, 1.82) is 0 Å². The van der Waals surface area contributed by atoms with Crippen LogP contribution in [0.1, 0.15) is 65.7 Å². The molecule has 4 N–H and O–H groups in total. The number of nitrogens with zero attached hydrogens (tertiary/aromatic N) is 3. The number of rotatable bonds is 8. The monoisotopic (exact) mass is 712 g/mol. The van der Waals surface area contributed by atoms with Crippen molar-refractivity contribution in [2.24, 2.45) is 17.8 Å². The lowest BCUT2D eigenvalue weighted by atomic mass is 9.88. The summed E-state index contributed by atoms with van der Waals surface area (Å²) in [5, 5.41) is 24.0. The molecule has 2 aliphatic heterocycles. The lowest BCUT2D eigenvalue weighted by Crippen LogP contribution is -2.59. The Morgan fingerprint density at radius 1 is 1.08 bits per heavy atom. The topological polar surface area (TPSA) is 206 Å². The Hall–Kier alpha value is -4.47. The molecule has 3 heterocycles. The van der Waals surface area contributed by atoms with Crippen LogP contribution in [0.3, 0.4) is 0 Å². The lowest BCUT2D eigenvalue weighted by Gasteiger charge is -2.32. The van der Waals surface area contributed by atoms with Crippen molar-refractivity contribution in [2.45, 2.75) is 94.7 Å². The molecule has 15 nitrogen and oxygen atoms in total. The fraction of sp³-hybridized carbons (Fsp3) is 0.588. The quantitative estimate of drug-likeness (QED) is 0.293.